The van der Waals surface area contributed by atoms with Crippen LogP contribution in [0.5, 0.6) is 0 Å². The average Bonchev–Trinajstić information content (AvgIpc) is 3.70. The lowest BCUT2D eigenvalue weighted by atomic mass is 10.0. The summed E-state index contributed by atoms with van der Waals surface area (Å²) in [6.45, 7) is -0.294. The molecule has 0 radical (unpaired) electrons. The molecule has 0 aromatic carbocycles. The second-order valence-corrected chi connectivity index (χ2v) is 16.2. The van der Waals surface area contributed by atoms with Crippen LogP contribution in [0.4, 0.5) is 0 Å². The van der Waals surface area contributed by atoms with Gasteiger partial charge in [0.25, 0.3) is 0 Å². The summed E-state index contributed by atoms with van der Waals surface area (Å²) in [7, 11) is -3.86. The molecule has 60 heavy (non-hydrogen) atoms. The Hall–Kier alpha value is -4.77. The molecular weight excluding hydrogens is 811 g/mol. The summed E-state index contributed by atoms with van der Waals surface area (Å²) in [5.41, 5.74) is 4.99. The van der Waals surface area contributed by atoms with Crippen LogP contribution in [0.1, 0.15) is 134 Å². The first-order valence-electron chi connectivity index (χ1n) is 20.7. The molecule has 9 N–H and O–H groups in total. The number of aromatic amines is 1. The number of carboxylic acids is 2. The van der Waals surface area contributed by atoms with Gasteiger partial charge in [-0.1, -0.05) is 75.8 Å². The highest BCUT2D eigenvalue weighted by Crippen LogP contribution is 2.14. The quantitative estimate of drug-likeness (QED) is 0.0423. The van der Waals surface area contributed by atoms with Gasteiger partial charge < -0.3 is 41.4 Å². The molecular formula is C37H65N9O13S. The summed E-state index contributed by atoms with van der Waals surface area (Å²) in [5.74, 6) is -5.67. The molecule has 1 aromatic heterocycles. The van der Waals surface area contributed by atoms with Crippen molar-refractivity contribution in [2.24, 2.45) is 5.73 Å². The normalized spacial score (nSPS) is 12.3. The monoisotopic (exact) mass is 875 g/mol. The molecule has 0 spiro atoms. The van der Waals surface area contributed by atoms with E-state index in [1.807, 2.05) is 0 Å². The molecule has 0 bridgehead atoms. The Balaban J connectivity index is 2.01. The van der Waals surface area contributed by atoms with Crippen LogP contribution in [-0.2, 0) is 59.5 Å². The maximum atomic E-state index is 12.3. The van der Waals surface area contributed by atoms with Gasteiger partial charge in [0.1, 0.15) is 18.7 Å². The van der Waals surface area contributed by atoms with Crippen LogP contribution >= 0.6 is 0 Å². The number of rotatable bonds is 39. The number of aliphatic carboxylic acids is 2. The third-order valence-electron chi connectivity index (χ3n) is 9.06. The number of aromatic nitrogens is 4. The Morgan fingerprint density at radius 3 is 1.73 bits per heavy atom. The van der Waals surface area contributed by atoms with Gasteiger partial charge in [0, 0.05) is 38.6 Å². The predicted octanol–water partition coefficient (Wildman–Crippen LogP) is 0.764. The fraction of sp³-hybridized carbons (Fsp3) is 0.784. The van der Waals surface area contributed by atoms with Gasteiger partial charge in [-0.05, 0) is 32.1 Å². The van der Waals surface area contributed by atoms with Gasteiger partial charge in [0.15, 0.2) is 5.82 Å². The molecule has 1 rings (SSSR count). The van der Waals surface area contributed by atoms with Gasteiger partial charge in [0.05, 0.1) is 25.6 Å². The molecule has 5 amide bonds. The Morgan fingerprint density at radius 1 is 0.633 bits per heavy atom. The first-order chi connectivity index (χ1) is 28.7. The highest BCUT2D eigenvalue weighted by atomic mass is 32.2. The minimum atomic E-state index is -3.86. The lowest BCUT2D eigenvalue weighted by molar-refractivity contribution is -0.144. The largest absolute Gasteiger partial charge is 0.480 e. The molecule has 0 aliphatic carbocycles. The van der Waals surface area contributed by atoms with E-state index in [-0.39, 0.29) is 70.6 Å². The van der Waals surface area contributed by atoms with E-state index in [4.69, 9.17) is 20.3 Å². The molecule has 1 heterocycles. The minimum Gasteiger partial charge on any atom is -0.480 e. The Labute approximate surface area is 351 Å². The summed E-state index contributed by atoms with van der Waals surface area (Å²) >= 11 is 0. The van der Waals surface area contributed by atoms with Gasteiger partial charge in [-0.3, -0.25) is 28.7 Å². The van der Waals surface area contributed by atoms with Crippen molar-refractivity contribution in [1.29, 1.82) is 0 Å². The van der Waals surface area contributed by atoms with Crippen molar-refractivity contribution in [2.45, 2.75) is 147 Å². The number of primary amides is 1. The van der Waals surface area contributed by atoms with Crippen LogP contribution in [0, 0.1) is 0 Å². The Kier molecular flexibility index (Phi) is 29.3. The zero-order valence-electron chi connectivity index (χ0n) is 34.5. The van der Waals surface area contributed by atoms with E-state index in [1.54, 1.807) is 0 Å². The number of hydrogen-bond donors (Lipinski definition) is 8. The minimum absolute atomic E-state index is 0.0212. The van der Waals surface area contributed by atoms with Gasteiger partial charge >= 0.3 is 11.9 Å². The zero-order chi connectivity index (χ0) is 44.4. The third-order valence-corrected chi connectivity index (χ3v) is 10.4. The summed E-state index contributed by atoms with van der Waals surface area (Å²) in [5, 5.41) is 39.4. The number of sulfonamides is 1. The van der Waals surface area contributed by atoms with Crippen molar-refractivity contribution in [1.82, 2.24) is 41.3 Å². The van der Waals surface area contributed by atoms with Crippen molar-refractivity contribution in [3.8, 4) is 0 Å². The lowest BCUT2D eigenvalue weighted by Gasteiger charge is -2.16. The van der Waals surface area contributed by atoms with Crippen LogP contribution in [-0.4, -0.2) is 132 Å². The molecule has 2 atom stereocenters. The van der Waals surface area contributed by atoms with Crippen LogP contribution in [0.15, 0.2) is 0 Å². The molecule has 23 heteroatoms. The number of ether oxygens (including phenoxy) is 2. The molecule has 1 aromatic rings. The fourth-order valence-corrected chi connectivity index (χ4v) is 6.89. The van der Waals surface area contributed by atoms with Crippen molar-refractivity contribution >= 4 is 51.5 Å². The van der Waals surface area contributed by atoms with E-state index in [0.29, 0.717) is 6.42 Å². The van der Waals surface area contributed by atoms with E-state index >= 15 is 0 Å². The van der Waals surface area contributed by atoms with Gasteiger partial charge in [-0.25, -0.2) is 18.0 Å². The molecule has 0 aliphatic rings. The summed E-state index contributed by atoms with van der Waals surface area (Å²) < 4.78 is 37.1. The number of nitrogens with one attached hydrogen (secondary N) is 5. The Morgan fingerprint density at radius 2 is 1.17 bits per heavy atom. The summed E-state index contributed by atoms with van der Waals surface area (Å²) in [6, 6.07) is -2.84. The fourth-order valence-electron chi connectivity index (χ4n) is 5.81. The second kappa shape index (κ2) is 33.0. The SMILES string of the molecule is NC(=O)CCC(NC(=O)CCC(NC(=O)COCCOCCNC(=O)CCCS(=O)(=O)NC(=O)CCCCCCCCCCCCCCCc1nn[nH]n1)C(=O)O)C(=O)O. The molecule has 0 aliphatic heterocycles. The number of carbonyl (C=O) groups excluding carboxylic acids is 5. The lowest BCUT2D eigenvalue weighted by Crippen LogP contribution is -2.45. The van der Waals surface area contributed by atoms with Gasteiger partial charge in [-0.2, -0.15) is 5.21 Å². The summed E-state index contributed by atoms with van der Waals surface area (Å²) in [6.07, 6.45) is 14.0. The van der Waals surface area contributed by atoms with Crippen LogP contribution in [0.2, 0.25) is 0 Å². The van der Waals surface area contributed by atoms with Crippen molar-refractivity contribution in [3.63, 3.8) is 0 Å². The van der Waals surface area contributed by atoms with Crippen molar-refractivity contribution in [3.05, 3.63) is 5.82 Å². The van der Waals surface area contributed by atoms with Crippen molar-refractivity contribution in [2.75, 3.05) is 38.7 Å². The number of hydrogen-bond acceptors (Lipinski definition) is 14. The number of unbranched alkanes of at least 4 members (excludes halogenated alkanes) is 12. The number of aryl methyl sites for hydroxylation is 1. The molecule has 0 fully saturated rings. The molecule has 2 unspecified atom stereocenters. The third kappa shape index (κ3) is 30.3. The first-order valence-corrected chi connectivity index (χ1v) is 22.3. The number of nitrogens with two attached hydrogens (primary N) is 1. The smallest absolute Gasteiger partial charge is 0.326 e. The van der Waals surface area contributed by atoms with E-state index in [9.17, 15) is 47.1 Å². The number of carbonyl (C=O) groups is 7. The second-order valence-electron chi connectivity index (χ2n) is 14.3. The number of tetrazole rings is 1. The van der Waals surface area contributed by atoms with Crippen LogP contribution < -0.4 is 26.4 Å². The van der Waals surface area contributed by atoms with Crippen LogP contribution in [0.3, 0.4) is 0 Å². The predicted molar refractivity (Wildman–Crippen MR) is 215 cm³/mol. The average molecular weight is 876 g/mol. The molecule has 0 saturated carbocycles. The van der Waals surface area contributed by atoms with Gasteiger partial charge in [-0.15, -0.1) is 10.2 Å². The molecule has 22 nitrogen and oxygen atoms in total. The number of carboxylic acid groups (broad SMARTS) is 2. The first kappa shape index (κ1) is 53.2. The maximum Gasteiger partial charge on any atom is 0.326 e. The maximum absolute atomic E-state index is 12.3. The summed E-state index contributed by atoms with van der Waals surface area (Å²) in [4.78, 5) is 82.1. The van der Waals surface area contributed by atoms with E-state index in [0.717, 1.165) is 44.3 Å². The number of amides is 5. The highest BCUT2D eigenvalue weighted by Gasteiger charge is 2.24. The van der Waals surface area contributed by atoms with Crippen LogP contribution in [0.25, 0.3) is 0 Å². The van der Waals surface area contributed by atoms with E-state index in [1.165, 1.54) is 44.9 Å². The molecule has 0 saturated heterocycles. The zero-order valence-corrected chi connectivity index (χ0v) is 35.3. The highest BCUT2D eigenvalue weighted by molar-refractivity contribution is 7.90. The van der Waals surface area contributed by atoms with E-state index in [2.05, 4.69) is 41.3 Å². The van der Waals surface area contributed by atoms with E-state index < -0.39 is 76.6 Å². The van der Waals surface area contributed by atoms with Gasteiger partial charge in [0.2, 0.25) is 39.6 Å². The molecule has 342 valence electrons. The Bertz CT molecular complexity index is 1530. The number of H-pyrrole nitrogens is 1. The topological polar surface area (TPSA) is 341 Å². The standard InChI is InChI=1S/C37H65N9O13S/c38-30(47)20-18-28(36(52)53)40-33(49)21-19-29(37(54)55)41-35(51)27-59-25-24-58-23-22-39-32(48)17-14-26-60(56,57)44-34(50)16-13-11-9-7-5-3-1-2-4-6-8-10-12-15-31-42-45-46-43-31/h28-29H,1-27H2,(H2,38,47)(H,39,48)(H,40,49)(H,41,51)(H,44,50)(H,52,53)(H,54,55)(H,42,43,45,46). The van der Waals surface area contributed by atoms with Crippen molar-refractivity contribution < 1.29 is 61.7 Å². The number of nitrogens with zero attached hydrogens (tertiary/aromatic N) is 3.